The Bertz CT molecular complexity index is 1110. The summed E-state index contributed by atoms with van der Waals surface area (Å²) in [6.07, 6.45) is 0.0318. The molecule has 2 aromatic carbocycles. The Morgan fingerprint density at radius 3 is 1.55 bits per heavy atom. The number of aryl methyl sites for hydroxylation is 2. The van der Waals surface area contributed by atoms with Crippen molar-refractivity contribution in [3.63, 3.8) is 0 Å². The number of nitriles is 2. The summed E-state index contributed by atoms with van der Waals surface area (Å²) in [5.74, 6) is -1.95. The largest absolute Gasteiger partial charge is 1.00 e. The van der Waals surface area contributed by atoms with Gasteiger partial charge in [0.2, 0.25) is 9.05 Å². The van der Waals surface area contributed by atoms with Crippen molar-refractivity contribution in [2.75, 3.05) is 11.5 Å². The van der Waals surface area contributed by atoms with Crippen LogP contribution in [0.15, 0.2) is 36.4 Å². The molecule has 0 aliphatic carbocycles. The third kappa shape index (κ3) is 12.1. The molecule has 0 radical (unpaired) electrons. The van der Waals surface area contributed by atoms with E-state index in [1.54, 1.807) is 12.1 Å². The summed E-state index contributed by atoms with van der Waals surface area (Å²) in [5.41, 5.74) is 1.02. The molecule has 0 N–H and O–H groups in total. The Balaban J connectivity index is 0.000000562. The Morgan fingerprint density at radius 1 is 0.839 bits per heavy atom. The third-order valence-electron chi connectivity index (χ3n) is 3.62. The van der Waals surface area contributed by atoms with Gasteiger partial charge in [-0.2, -0.15) is 10.5 Å². The van der Waals surface area contributed by atoms with Gasteiger partial charge in [-0.05, 0) is 48.2 Å². The molecule has 0 spiro atoms. The quantitative estimate of drug-likeness (QED) is 0.300. The zero-order valence-electron chi connectivity index (χ0n) is 16.2. The molecule has 0 amide bonds. The zero-order valence-corrected chi connectivity index (χ0v) is 20.6. The molecule has 7 nitrogen and oxygen atoms in total. The fraction of sp³-hybridized carbons (Fsp3) is 0.222. The fourth-order valence-corrected chi connectivity index (χ4v) is 3.37. The molecule has 0 aliphatic heterocycles. The molecule has 160 valence electrons. The van der Waals surface area contributed by atoms with Crippen LogP contribution in [0.5, 0.6) is 0 Å². The van der Waals surface area contributed by atoms with Crippen molar-refractivity contribution in [1.29, 1.82) is 10.5 Å². The summed E-state index contributed by atoms with van der Waals surface area (Å²) in [6, 6.07) is 10.6. The van der Waals surface area contributed by atoms with Gasteiger partial charge >= 0.3 is 29.6 Å². The van der Waals surface area contributed by atoms with Gasteiger partial charge in [0.05, 0.1) is 39.1 Å². The van der Waals surface area contributed by atoms with Crippen molar-refractivity contribution >= 4 is 29.9 Å². The minimum Gasteiger partial charge on any atom is -0.748 e. The van der Waals surface area contributed by atoms with Crippen LogP contribution in [0.4, 0.5) is 8.78 Å². The average Bonchev–Trinajstić information content (AvgIpc) is 2.65. The summed E-state index contributed by atoms with van der Waals surface area (Å²) in [6.45, 7) is 0. The summed E-state index contributed by atoms with van der Waals surface area (Å²) in [7, 11) is -2.87. The van der Waals surface area contributed by atoms with Crippen LogP contribution in [0.2, 0.25) is 0 Å². The number of nitrogens with zero attached hydrogens (tertiary/aromatic N) is 2. The molecule has 13 heteroatoms. The molecule has 31 heavy (non-hydrogen) atoms. The molecular formula is C18H14ClF2N2NaO5S2. The fourth-order valence-electron chi connectivity index (χ4n) is 2.21. The predicted molar refractivity (Wildman–Crippen MR) is 104 cm³/mol. The van der Waals surface area contributed by atoms with E-state index < -0.39 is 36.6 Å². The molecule has 0 saturated carbocycles. The van der Waals surface area contributed by atoms with Gasteiger partial charge in [0, 0.05) is 16.4 Å². The van der Waals surface area contributed by atoms with Crippen molar-refractivity contribution in [3.8, 4) is 12.1 Å². The maximum Gasteiger partial charge on any atom is 1.00 e. The van der Waals surface area contributed by atoms with Crippen LogP contribution in [0.25, 0.3) is 0 Å². The van der Waals surface area contributed by atoms with Crippen LogP contribution in [0.3, 0.4) is 0 Å². The minimum absolute atomic E-state index is 0. The average molecular weight is 499 g/mol. The van der Waals surface area contributed by atoms with E-state index in [-0.39, 0.29) is 59.3 Å². The molecule has 0 unspecified atom stereocenters. The van der Waals surface area contributed by atoms with Gasteiger partial charge in [0.15, 0.2) is 0 Å². The molecule has 2 aromatic rings. The van der Waals surface area contributed by atoms with Crippen molar-refractivity contribution in [2.45, 2.75) is 12.8 Å². The van der Waals surface area contributed by atoms with Crippen LogP contribution in [-0.2, 0) is 32.0 Å². The number of benzene rings is 2. The van der Waals surface area contributed by atoms with Crippen LogP contribution < -0.4 is 29.6 Å². The molecule has 2 rings (SSSR count). The van der Waals surface area contributed by atoms with Crippen molar-refractivity contribution in [3.05, 3.63) is 70.3 Å². The van der Waals surface area contributed by atoms with Gasteiger partial charge < -0.3 is 4.55 Å². The molecular weight excluding hydrogens is 485 g/mol. The Labute approximate surface area is 205 Å². The topological polar surface area (TPSA) is 139 Å². The Morgan fingerprint density at radius 2 is 1.23 bits per heavy atom. The molecule has 0 atom stereocenters. The van der Waals surface area contributed by atoms with Crippen LogP contribution >= 0.6 is 10.7 Å². The van der Waals surface area contributed by atoms with Gasteiger partial charge in [-0.25, -0.2) is 25.6 Å². The Kier molecular flexibility index (Phi) is 12.4. The predicted octanol–water partition coefficient (Wildman–Crippen LogP) is -0.402. The first-order valence-electron chi connectivity index (χ1n) is 8.07. The molecule has 0 bridgehead atoms. The van der Waals surface area contributed by atoms with Crippen LogP contribution in [0.1, 0.15) is 22.3 Å². The normalized spacial score (nSPS) is 10.6. The van der Waals surface area contributed by atoms with Gasteiger partial charge in [-0.1, -0.05) is 12.1 Å². The summed E-state index contributed by atoms with van der Waals surface area (Å²) < 4.78 is 77.8. The minimum atomic E-state index is -4.31. The summed E-state index contributed by atoms with van der Waals surface area (Å²) in [4.78, 5) is 0. The maximum absolute atomic E-state index is 12.7. The number of rotatable bonds is 6. The van der Waals surface area contributed by atoms with Gasteiger partial charge in [0.25, 0.3) is 0 Å². The zero-order chi connectivity index (χ0) is 22.9. The van der Waals surface area contributed by atoms with Crippen LogP contribution in [-0.4, -0.2) is 32.9 Å². The Hall–Kier alpha value is -1.57. The van der Waals surface area contributed by atoms with E-state index in [4.69, 9.17) is 21.2 Å². The van der Waals surface area contributed by atoms with Gasteiger partial charge in [0.1, 0.15) is 11.6 Å². The SMILES string of the molecule is N#Cc1cc(F)ccc1CCS(=O)(=O)Cl.N#Cc1cc(F)ccc1CCS(=O)(=O)[O-].[Na+]. The second kappa shape index (κ2) is 13.1. The van der Waals surface area contributed by atoms with E-state index in [0.717, 1.165) is 18.2 Å². The van der Waals surface area contributed by atoms with E-state index in [2.05, 4.69) is 0 Å². The molecule has 0 aliphatic rings. The first-order valence-corrected chi connectivity index (χ1v) is 12.1. The maximum atomic E-state index is 12.7. The molecule has 0 fully saturated rings. The standard InChI is InChI=1S/C9H7ClFNO2S.C9H8FNO3S.Na/c10-15(13,14)4-3-7-1-2-9(11)5-8(7)6-12;10-9-2-1-7(8(5-9)6-11)3-4-15(12,13)14;/h1-2,5H,3-4H2;1-2,5H,3-4H2,(H,12,13,14);/q;;+1/p-1. The molecule has 0 heterocycles. The summed E-state index contributed by atoms with van der Waals surface area (Å²) in [5, 5.41) is 17.3. The smallest absolute Gasteiger partial charge is 0.748 e. The van der Waals surface area contributed by atoms with Gasteiger partial charge in [-0.15, -0.1) is 0 Å². The van der Waals surface area contributed by atoms with Crippen molar-refractivity contribution in [2.24, 2.45) is 0 Å². The second-order valence-corrected chi connectivity index (χ2v) is 10.3. The number of halogens is 3. The molecule has 0 aromatic heterocycles. The molecule has 0 saturated heterocycles. The van der Waals surface area contributed by atoms with E-state index in [0.29, 0.717) is 11.1 Å². The second-order valence-electron chi connectivity index (χ2n) is 5.83. The number of hydrogen-bond acceptors (Lipinski definition) is 7. The van der Waals surface area contributed by atoms with Crippen molar-refractivity contribution < 1.29 is 59.7 Å². The van der Waals surface area contributed by atoms with Crippen LogP contribution in [0, 0.1) is 34.3 Å². The monoisotopic (exact) mass is 498 g/mol. The van der Waals surface area contributed by atoms with E-state index in [1.807, 2.05) is 0 Å². The van der Waals surface area contributed by atoms with E-state index in [9.17, 15) is 30.2 Å². The van der Waals surface area contributed by atoms with Crippen molar-refractivity contribution in [1.82, 2.24) is 0 Å². The summed E-state index contributed by atoms with van der Waals surface area (Å²) >= 11 is 0. The first-order chi connectivity index (χ1) is 13.8. The first kappa shape index (κ1) is 29.4. The van der Waals surface area contributed by atoms with Gasteiger partial charge in [-0.3, -0.25) is 0 Å². The number of hydrogen-bond donors (Lipinski definition) is 0. The third-order valence-corrected chi connectivity index (χ3v) is 5.48. The van der Waals surface area contributed by atoms with E-state index >= 15 is 0 Å². The van der Waals surface area contributed by atoms with E-state index in [1.165, 1.54) is 18.2 Å².